The molecule has 2 aromatic rings. The average molecular weight is 531 g/mol. The first-order valence-corrected chi connectivity index (χ1v) is 12.6. The van der Waals surface area contributed by atoms with Crippen LogP contribution in [0.25, 0.3) is 0 Å². The molecule has 2 aromatic carbocycles. The maximum atomic E-state index is 13.3. The summed E-state index contributed by atoms with van der Waals surface area (Å²) >= 11 is 9.41. The second-order valence-corrected chi connectivity index (χ2v) is 10.1. The number of rotatable bonds is 9. The number of likely N-dealkylation sites (N-methyl/N-ethyl adjacent to an activating group) is 1. The summed E-state index contributed by atoms with van der Waals surface area (Å²) in [4.78, 5) is 27.2. The maximum absolute atomic E-state index is 13.3. The fourth-order valence-corrected chi connectivity index (χ4v) is 4.68. The summed E-state index contributed by atoms with van der Waals surface area (Å²) in [6.07, 6.45) is 1.04. The van der Waals surface area contributed by atoms with Crippen LogP contribution in [0.15, 0.2) is 53.0 Å². The van der Waals surface area contributed by atoms with Gasteiger partial charge in [0.15, 0.2) is 0 Å². The fourth-order valence-electron chi connectivity index (χ4n) is 2.99. The van der Waals surface area contributed by atoms with E-state index in [4.69, 9.17) is 11.6 Å². The summed E-state index contributed by atoms with van der Waals surface area (Å²) < 4.78 is 26.5. The largest absolute Gasteiger partial charge is 0.355 e. The minimum absolute atomic E-state index is 0.102. The lowest BCUT2D eigenvalue weighted by molar-refractivity contribution is -0.139. The molecule has 1 unspecified atom stereocenters. The standard InChI is InChI=1S/C21H25BrClN3O4S/c1-4-24-21(28)15(2)25(13-16-8-7-9-17(23)12-16)20(27)14-26(31(3,29)30)19-11-6-5-10-18(19)22/h5-12,15H,4,13-14H2,1-3H3,(H,24,28). The Kier molecular flexibility index (Phi) is 8.90. The van der Waals surface area contributed by atoms with Crippen molar-refractivity contribution in [2.75, 3.05) is 23.7 Å². The average Bonchev–Trinajstić information content (AvgIpc) is 2.69. The first kappa shape index (κ1) is 25.2. The molecule has 0 bridgehead atoms. The van der Waals surface area contributed by atoms with Gasteiger partial charge in [-0.2, -0.15) is 0 Å². The van der Waals surface area contributed by atoms with Gasteiger partial charge in [-0.3, -0.25) is 13.9 Å². The van der Waals surface area contributed by atoms with Crippen molar-refractivity contribution in [2.45, 2.75) is 26.4 Å². The van der Waals surface area contributed by atoms with Crippen molar-refractivity contribution in [1.82, 2.24) is 10.2 Å². The van der Waals surface area contributed by atoms with Gasteiger partial charge < -0.3 is 10.2 Å². The van der Waals surface area contributed by atoms with Crippen LogP contribution in [0.1, 0.15) is 19.4 Å². The van der Waals surface area contributed by atoms with Gasteiger partial charge in [-0.1, -0.05) is 35.9 Å². The van der Waals surface area contributed by atoms with E-state index in [1.807, 2.05) is 0 Å². The fraction of sp³-hybridized carbons (Fsp3) is 0.333. The van der Waals surface area contributed by atoms with Gasteiger partial charge in [-0.15, -0.1) is 0 Å². The Morgan fingerprint density at radius 2 is 1.84 bits per heavy atom. The highest BCUT2D eigenvalue weighted by Crippen LogP contribution is 2.28. The van der Waals surface area contributed by atoms with Crippen LogP contribution in [0.5, 0.6) is 0 Å². The van der Waals surface area contributed by atoms with Gasteiger partial charge in [0.2, 0.25) is 21.8 Å². The predicted molar refractivity (Wildman–Crippen MR) is 126 cm³/mol. The van der Waals surface area contributed by atoms with E-state index in [2.05, 4.69) is 21.2 Å². The number of benzene rings is 2. The summed E-state index contributed by atoms with van der Waals surface area (Å²) in [5, 5.41) is 3.21. The van der Waals surface area contributed by atoms with Gasteiger partial charge in [0.05, 0.1) is 11.9 Å². The quantitative estimate of drug-likeness (QED) is 0.538. The summed E-state index contributed by atoms with van der Waals surface area (Å²) in [7, 11) is -3.77. The molecular weight excluding hydrogens is 506 g/mol. The van der Waals surface area contributed by atoms with Crippen molar-refractivity contribution in [3.05, 3.63) is 63.6 Å². The van der Waals surface area contributed by atoms with Crippen molar-refractivity contribution >= 4 is 55.1 Å². The van der Waals surface area contributed by atoms with Crippen LogP contribution in [-0.4, -0.2) is 50.5 Å². The number of carbonyl (C=O) groups is 2. The first-order chi connectivity index (χ1) is 14.5. The lowest BCUT2D eigenvalue weighted by atomic mass is 10.1. The third-order valence-electron chi connectivity index (χ3n) is 4.56. The van der Waals surface area contributed by atoms with Crippen molar-refractivity contribution < 1.29 is 18.0 Å². The highest BCUT2D eigenvalue weighted by atomic mass is 79.9. The van der Waals surface area contributed by atoms with Crippen molar-refractivity contribution in [3.63, 3.8) is 0 Å². The molecule has 1 atom stereocenters. The molecule has 0 saturated heterocycles. The highest BCUT2D eigenvalue weighted by Gasteiger charge is 2.30. The molecule has 0 heterocycles. The third-order valence-corrected chi connectivity index (χ3v) is 6.59. The number of amides is 2. The van der Waals surface area contributed by atoms with Crippen LogP contribution < -0.4 is 9.62 Å². The number of carbonyl (C=O) groups excluding carboxylic acids is 2. The smallest absolute Gasteiger partial charge is 0.244 e. The molecule has 7 nitrogen and oxygen atoms in total. The molecular formula is C21H25BrClN3O4S. The van der Waals surface area contributed by atoms with E-state index in [-0.39, 0.29) is 12.5 Å². The van der Waals surface area contributed by atoms with E-state index in [9.17, 15) is 18.0 Å². The lowest BCUT2D eigenvalue weighted by Crippen LogP contribution is -2.51. The van der Waals surface area contributed by atoms with E-state index in [0.29, 0.717) is 21.7 Å². The second-order valence-electron chi connectivity index (χ2n) is 6.94. The van der Waals surface area contributed by atoms with Crippen LogP contribution in [0.2, 0.25) is 5.02 Å². The Hall–Kier alpha value is -2.10. The van der Waals surface area contributed by atoms with Gasteiger partial charge in [0.1, 0.15) is 12.6 Å². The molecule has 0 radical (unpaired) electrons. The van der Waals surface area contributed by atoms with Crippen LogP contribution in [0, 0.1) is 0 Å². The monoisotopic (exact) mass is 529 g/mol. The molecule has 10 heteroatoms. The van der Waals surface area contributed by atoms with Gasteiger partial charge in [0.25, 0.3) is 0 Å². The summed E-state index contributed by atoms with van der Waals surface area (Å²) in [6.45, 7) is 3.45. The molecule has 0 aliphatic rings. The van der Waals surface area contributed by atoms with Crippen LogP contribution >= 0.6 is 27.5 Å². The molecule has 168 valence electrons. The number of halogens is 2. The topological polar surface area (TPSA) is 86.8 Å². The first-order valence-electron chi connectivity index (χ1n) is 9.58. The summed E-state index contributed by atoms with van der Waals surface area (Å²) in [6, 6.07) is 12.9. The Morgan fingerprint density at radius 3 is 2.42 bits per heavy atom. The molecule has 0 saturated carbocycles. The number of nitrogens with one attached hydrogen (secondary N) is 1. The number of para-hydroxylation sites is 1. The molecule has 1 N–H and O–H groups in total. The molecule has 0 aromatic heterocycles. The predicted octanol–water partition coefficient (Wildman–Crippen LogP) is 3.42. The van der Waals surface area contributed by atoms with E-state index in [0.717, 1.165) is 16.1 Å². The van der Waals surface area contributed by atoms with E-state index in [1.165, 1.54) is 4.90 Å². The van der Waals surface area contributed by atoms with E-state index < -0.39 is 28.5 Å². The molecule has 0 aliphatic heterocycles. The number of sulfonamides is 1. The van der Waals surface area contributed by atoms with Crippen molar-refractivity contribution in [2.24, 2.45) is 0 Å². The lowest BCUT2D eigenvalue weighted by Gasteiger charge is -2.31. The third kappa shape index (κ3) is 6.95. The van der Waals surface area contributed by atoms with Crippen molar-refractivity contribution in [3.8, 4) is 0 Å². The van der Waals surface area contributed by atoms with Crippen molar-refractivity contribution in [1.29, 1.82) is 0 Å². The summed E-state index contributed by atoms with van der Waals surface area (Å²) in [5.74, 6) is -0.843. The van der Waals surface area contributed by atoms with Gasteiger partial charge in [-0.25, -0.2) is 8.42 Å². The molecule has 31 heavy (non-hydrogen) atoms. The summed E-state index contributed by atoms with van der Waals surface area (Å²) in [5.41, 5.74) is 1.07. The number of hydrogen-bond acceptors (Lipinski definition) is 4. The Labute approximate surface area is 196 Å². The van der Waals surface area contributed by atoms with Crippen LogP contribution in [-0.2, 0) is 26.2 Å². The number of anilines is 1. The molecule has 2 amide bonds. The zero-order chi connectivity index (χ0) is 23.2. The Bertz CT molecular complexity index is 1050. The normalized spacial score (nSPS) is 12.2. The van der Waals surface area contributed by atoms with E-state index >= 15 is 0 Å². The maximum Gasteiger partial charge on any atom is 0.244 e. The minimum Gasteiger partial charge on any atom is -0.355 e. The zero-order valence-electron chi connectivity index (χ0n) is 17.5. The van der Waals surface area contributed by atoms with E-state index in [1.54, 1.807) is 62.4 Å². The Balaban J connectivity index is 2.40. The highest BCUT2D eigenvalue weighted by molar-refractivity contribution is 9.10. The SMILES string of the molecule is CCNC(=O)C(C)N(Cc1cccc(Cl)c1)C(=O)CN(c1ccccc1Br)S(C)(=O)=O. The number of nitrogens with zero attached hydrogens (tertiary/aromatic N) is 2. The zero-order valence-corrected chi connectivity index (χ0v) is 20.7. The second kappa shape index (κ2) is 11.0. The van der Waals surface area contributed by atoms with Gasteiger partial charge in [-0.05, 0) is 59.6 Å². The molecule has 0 fully saturated rings. The molecule has 2 rings (SSSR count). The minimum atomic E-state index is -3.77. The van der Waals surface area contributed by atoms with Gasteiger partial charge in [0, 0.05) is 22.6 Å². The van der Waals surface area contributed by atoms with Crippen LogP contribution in [0.3, 0.4) is 0 Å². The van der Waals surface area contributed by atoms with Crippen LogP contribution in [0.4, 0.5) is 5.69 Å². The number of hydrogen-bond donors (Lipinski definition) is 1. The molecule has 0 aliphatic carbocycles. The molecule has 0 spiro atoms. The van der Waals surface area contributed by atoms with Gasteiger partial charge >= 0.3 is 0 Å². The Morgan fingerprint density at radius 1 is 1.16 bits per heavy atom.